The fourth-order valence-corrected chi connectivity index (χ4v) is 2.66. The Morgan fingerprint density at radius 2 is 1.90 bits per heavy atom. The number of hydrogen-bond acceptors (Lipinski definition) is 3. The normalized spacial score (nSPS) is 13.6. The van der Waals surface area contributed by atoms with Crippen molar-refractivity contribution >= 4 is 21.6 Å². The monoisotopic (exact) mass is 351 g/mol. The average Bonchev–Trinajstić information content (AvgIpc) is 2.71. The third kappa shape index (κ3) is 3.29. The summed E-state index contributed by atoms with van der Waals surface area (Å²) in [6.45, 7) is 1.84. The van der Waals surface area contributed by atoms with Gasteiger partial charge in [-0.3, -0.25) is 0 Å². The lowest BCUT2D eigenvalue weighted by atomic mass is 10.2. The van der Waals surface area contributed by atoms with E-state index in [1.807, 2.05) is 18.2 Å². The Kier molecular flexibility index (Phi) is 4.29. The lowest BCUT2D eigenvalue weighted by molar-refractivity contribution is 0.297. The Morgan fingerprint density at radius 3 is 2.71 bits per heavy atom. The molecule has 1 N–H and O–H groups in total. The largest absolute Gasteiger partial charge is 0.490 e. The molecule has 0 unspecified atom stereocenters. The van der Waals surface area contributed by atoms with Gasteiger partial charge in [0, 0.05) is 17.4 Å². The van der Waals surface area contributed by atoms with Crippen LogP contribution in [0.25, 0.3) is 0 Å². The van der Waals surface area contributed by atoms with Gasteiger partial charge in [-0.1, -0.05) is 12.1 Å². The van der Waals surface area contributed by atoms with Crippen LogP contribution < -0.4 is 14.8 Å². The maximum absolute atomic E-state index is 13.7. The number of anilines is 1. The summed E-state index contributed by atoms with van der Waals surface area (Å²) in [7, 11) is 0. The summed E-state index contributed by atoms with van der Waals surface area (Å²) in [6.07, 6.45) is 0.879. The molecule has 0 saturated carbocycles. The molecule has 3 nitrogen and oxygen atoms in total. The first-order valence-electron chi connectivity index (χ1n) is 6.80. The van der Waals surface area contributed by atoms with Gasteiger partial charge in [0.15, 0.2) is 11.5 Å². The van der Waals surface area contributed by atoms with Gasteiger partial charge in [0.25, 0.3) is 0 Å². The van der Waals surface area contributed by atoms with Crippen LogP contribution in [0.2, 0.25) is 0 Å². The molecule has 0 amide bonds. The van der Waals surface area contributed by atoms with Crippen LogP contribution in [0.1, 0.15) is 12.0 Å². The first kappa shape index (κ1) is 14.2. The summed E-state index contributed by atoms with van der Waals surface area (Å²) in [5, 5.41) is 3.10. The number of benzene rings is 2. The number of fused-ring (bicyclic) bond motifs is 1. The first-order valence-corrected chi connectivity index (χ1v) is 7.60. The van der Waals surface area contributed by atoms with E-state index in [-0.39, 0.29) is 5.82 Å². The minimum Gasteiger partial charge on any atom is -0.490 e. The summed E-state index contributed by atoms with van der Waals surface area (Å²) in [5.74, 6) is 1.24. The second-order valence-corrected chi connectivity index (χ2v) is 5.64. The van der Waals surface area contributed by atoms with Crippen LogP contribution in [-0.2, 0) is 6.54 Å². The number of nitrogens with one attached hydrogen (secondary N) is 1. The maximum atomic E-state index is 13.7. The number of rotatable bonds is 3. The summed E-state index contributed by atoms with van der Waals surface area (Å²) in [5.41, 5.74) is 1.47. The van der Waals surface area contributed by atoms with Crippen molar-refractivity contribution in [3.8, 4) is 11.5 Å². The van der Waals surface area contributed by atoms with Gasteiger partial charge in [0.2, 0.25) is 0 Å². The van der Waals surface area contributed by atoms with E-state index in [1.54, 1.807) is 12.1 Å². The molecule has 110 valence electrons. The van der Waals surface area contributed by atoms with Crippen LogP contribution in [0.3, 0.4) is 0 Å². The van der Waals surface area contributed by atoms with Crippen LogP contribution in [0, 0.1) is 5.82 Å². The van der Waals surface area contributed by atoms with E-state index in [0.717, 1.165) is 23.5 Å². The molecular weight excluding hydrogens is 337 g/mol. The molecule has 2 aromatic carbocycles. The molecule has 0 bridgehead atoms. The zero-order chi connectivity index (χ0) is 14.7. The molecule has 21 heavy (non-hydrogen) atoms. The quantitative estimate of drug-likeness (QED) is 0.890. The molecule has 1 heterocycles. The van der Waals surface area contributed by atoms with Gasteiger partial charge in [0.1, 0.15) is 5.82 Å². The van der Waals surface area contributed by atoms with Crippen molar-refractivity contribution < 1.29 is 13.9 Å². The third-order valence-corrected chi connectivity index (χ3v) is 3.90. The van der Waals surface area contributed by atoms with Gasteiger partial charge in [-0.2, -0.15) is 0 Å². The van der Waals surface area contributed by atoms with Crippen LogP contribution >= 0.6 is 15.9 Å². The summed E-state index contributed by atoms with van der Waals surface area (Å²) in [4.78, 5) is 0. The molecular formula is C16H15BrFNO2. The highest BCUT2D eigenvalue weighted by atomic mass is 79.9. The SMILES string of the molecule is Fc1cccc(Br)c1NCc1ccc2c(c1)OCCCO2. The van der Waals surface area contributed by atoms with Crippen molar-refractivity contribution in [2.75, 3.05) is 18.5 Å². The van der Waals surface area contributed by atoms with Gasteiger partial charge in [-0.05, 0) is 45.8 Å². The predicted octanol–water partition coefficient (Wildman–Crippen LogP) is 4.36. The molecule has 0 spiro atoms. The van der Waals surface area contributed by atoms with Crippen molar-refractivity contribution in [2.24, 2.45) is 0 Å². The fraction of sp³-hybridized carbons (Fsp3) is 0.250. The van der Waals surface area contributed by atoms with Gasteiger partial charge < -0.3 is 14.8 Å². The Labute approximate surface area is 131 Å². The zero-order valence-corrected chi connectivity index (χ0v) is 13.0. The van der Waals surface area contributed by atoms with Crippen LogP contribution in [0.15, 0.2) is 40.9 Å². The molecule has 5 heteroatoms. The number of para-hydroxylation sites is 1. The standard InChI is InChI=1S/C16H15BrFNO2/c17-12-3-1-4-13(18)16(12)19-10-11-5-6-14-15(9-11)21-8-2-7-20-14/h1,3-6,9,19H,2,7-8,10H2. The summed E-state index contributed by atoms with van der Waals surface area (Å²) in [6, 6.07) is 10.7. The van der Waals surface area contributed by atoms with Crippen molar-refractivity contribution in [3.63, 3.8) is 0 Å². The maximum Gasteiger partial charge on any atom is 0.161 e. The molecule has 0 atom stereocenters. The second kappa shape index (κ2) is 6.35. The van der Waals surface area contributed by atoms with E-state index in [1.165, 1.54) is 6.07 Å². The lowest BCUT2D eigenvalue weighted by Gasteiger charge is -2.12. The van der Waals surface area contributed by atoms with Gasteiger partial charge in [-0.25, -0.2) is 4.39 Å². The number of halogens is 2. The van der Waals surface area contributed by atoms with E-state index in [9.17, 15) is 4.39 Å². The van der Waals surface area contributed by atoms with E-state index >= 15 is 0 Å². The van der Waals surface area contributed by atoms with Crippen LogP contribution in [0.5, 0.6) is 11.5 Å². The number of ether oxygens (including phenoxy) is 2. The minimum atomic E-state index is -0.279. The molecule has 3 rings (SSSR count). The summed E-state index contributed by atoms with van der Waals surface area (Å²) >= 11 is 3.34. The molecule has 0 aromatic heterocycles. The minimum absolute atomic E-state index is 0.279. The van der Waals surface area contributed by atoms with Gasteiger partial charge in [-0.15, -0.1) is 0 Å². The smallest absolute Gasteiger partial charge is 0.161 e. The topological polar surface area (TPSA) is 30.5 Å². The highest BCUT2D eigenvalue weighted by molar-refractivity contribution is 9.10. The van der Waals surface area contributed by atoms with Gasteiger partial charge >= 0.3 is 0 Å². The molecule has 0 radical (unpaired) electrons. The highest BCUT2D eigenvalue weighted by Crippen LogP contribution is 2.31. The number of hydrogen-bond donors (Lipinski definition) is 1. The summed E-state index contributed by atoms with van der Waals surface area (Å²) < 4.78 is 25.7. The molecule has 0 saturated heterocycles. The second-order valence-electron chi connectivity index (χ2n) is 4.78. The van der Waals surface area contributed by atoms with Gasteiger partial charge in [0.05, 0.1) is 18.9 Å². The molecule has 2 aromatic rings. The average molecular weight is 352 g/mol. The first-order chi connectivity index (χ1) is 10.2. The van der Waals surface area contributed by atoms with E-state index < -0.39 is 0 Å². The van der Waals surface area contributed by atoms with E-state index in [0.29, 0.717) is 29.9 Å². The van der Waals surface area contributed by atoms with Crippen molar-refractivity contribution in [3.05, 3.63) is 52.3 Å². The highest BCUT2D eigenvalue weighted by Gasteiger charge is 2.11. The Balaban J connectivity index is 1.75. The van der Waals surface area contributed by atoms with Crippen molar-refractivity contribution in [1.82, 2.24) is 0 Å². The van der Waals surface area contributed by atoms with Crippen LogP contribution in [0.4, 0.5) is 10.1 Å². The van der Waals surface area contributed by atoms with E-state index in [4.69, 9.17) is 9.47 Å². The fourth-order valence-electron chi connectivity index (χ4n) is 2.17. The Morgan fingerprint density at radius 1 is 1.10 bits per heavy atom. The molecule has 1 aliphatic rings. The van der Waals surface area contributed by atoms with E-state index in [2.05, 4.69) is 21.2 Å². The zero-order valence-electron chi connectivity index (χ0n) is 11.4. The molecule has 0 fully saturated rings. The van der Waals surface area contributed by atoms with Crippen LogP contribution in [-0.4, -0.2) is 13.2 Å². The molecule has 0 aliphatic carbocycles. The van der Waals surface area contributed by atoms with Crippen molar-refractivity contribution in [1.29, 1.82) is 0 Å². The third-order valence-electron chi connectivity index (χ3n) is 3.24. The Bertz CT molecular complexity index is 628. The Hall–Kier alpha value is -1.75. The van der Waals surface area contributed by atoms with Crippen molar-refractivity contribution in [2.45, 2.75) is 13.0 Å². The lowest BCUT2D eigenvalue weighted by Crippen LogP contribution is -2.03. The predicted molar refractivity (Wildman–Crippen MR) is 83.5 cm³/mol. The molecule has 1 aliphatic heterocycles.